The Morgan fingerprint density at radius 2 is 2.05 bits per heavy atom. The average Bonchev–Trinajstić information content (AvgIpc) is 2.96. The lowest BCUT2D eigenvalue weighted by molar-refractivity contribution is 0.388. The zero-order valence-electron chi connectivity index (χ0n) is 13.2. The number of rotatable bonds is 6. The molecular formula is C16H26N2O2S. The van der Waals surface area contributed by atoms with Gasteiger partial charge in [0.15, 0.2) is 0 Å². The van der Waals surface area contributed by atoms with Crippen molar-refractivity contribution >= 4 is 10.0 Å². The van der Waals surface area contributed by atoms with Crippen molar-refractivity contribution in [2.24, 2.45) is 11.8 Å². The Morgan fingerprint density at radius 3 is 2.67 bits per heavy atom. The summed E-state index contributed by atoms with van der Waals surface area (Å²) in [5.74, 6) is 1.00. The minimum atomic E-state index is -3.37. The molecule has 0 radical (unpaired) electrons. The lowest BCUT2D eigenvalue weighted by Crippen LogP contribution is -2.30. The quantitative estimate of drug-likeness (QED) is 0.878. The molecule has 1 atom stereocenters. The fourth-order valence-corrected chi connectivity index (χ4v) is 4.55. The van der Waals surface area contributed by atoms with Crippen LogP contribution in [0.1, 0.15) is 32.8 Å². The topological polar surface area (TPSA) is 49.4 Å². The average molecular weight is 310 g/mol. The van der Waals surface area contributed by atoms with Gasteiger partial charge in [0.25, 0.3) is 0 Å². The maximum Gasteiger partial charge on any atom is 0.243 e. The fourth-order valence-electron chi connectivity index (χ4n) is 2.82. The molecule has 0 bridgehead atoms. The summed E-state index contributed by atoms with van der Waals surface area (Å²) < 4.78 is 27.4. The largest absolute Gasteiger partial charge is 0.313 e. The lowest BCUT2D eigenvalue weighted by atomic mass is 9.96. The van der Waals surface area contributed by atoms with Crippen LogP contribution in [0.5, 0.6) is 0 Å². The van der Waals surface area contributed by atoms with Crippen LogP contribution in [0.3, 0.4) is 0 Å². The summed E-state index contributed by atoms with van der Waals surface area (Å²) in [5.41, 5.74) is 0.854. The SMILES string of the molecule is CCNCc1ccccc1S(=O)(=O)N1CCC(C(C)C)C1. The van der Waals surface area contributed by atoms with Gasteiger partial charge in [0.2, 0.25) is 10.0 Å². The van der Waals surface area contributed by atoms with Gasteiger partial charge in [-0.1, -0.05) is 39.0 Å². The molecule has 0 saturated carbocycles. The molecule has 1 unspecified atom stereocenters. The summed E-state index contributed by atoms with van der Waals surface area (Å²) in [6.07, 6.45) is 0.965. The first-order valence-electron chi connectivity index (χ1n) is 7.75. The highest BCUT2D eigenvalue weighted by Gasteiger charge is 2.34. The zero-order valence-corrected chi connectivity index (χ0v) is 14.0. The Balaban J connectivity index is 2.24. The normalized spacial score (nSPS) is 20.3. The van der Waals surface area contributed by atoms with E-state index in [4.69, 9.17) is 0 Å². The molecule has 0 spiro atoms. The number of hydrogen-bond donors (Lipinski definition) is 1. The van der Waals surface area contributed by atoms with Crippen molar-refractivity contribution in [3.63, 3.8) is 0 Å². The third kappa shape index (κ3) is 3.65. The van der Waals surface area contributed by atoms with Gasteiger partial charge >= 0.3 is 0 Å². The third-order valence-electron chi connectivity index (χ3n) is 4.29. The number of sulfonamides is 1. The number of nitrogens with one attached hydrogen (secondary N) is 1. The van der Waals surface area contributed by atoms with Crippen molar-refractivity contribution < 1.29 is 8.42 Å². The molecule has 2 rings (SSSR count). The molecule has 118 valence electrons. The zero-order chi connectivity index (χ0) is 15.5. The van der Waals surface area contributed by atoms with Crippen LogP contribution in [0.25, 0.3) is 0 Å². The van der Waals surface area contributed by atoms with Gasteiger partial charge < -0.3 is 5.32 Å². The molecule has 0 amide bonds. The number of nitrogens with zero attached hydrogens (tertiary/aromatic N) is 1. The van der Waals surface area contributed by atoms with E-state index in [0.717, 1.165) is 18.5 Å². The van der Waals surface area contributed by atoms with Crippen LogP contribution >= 0.6 is 0 Å². The van der Waals surface area contributed by atoms with Gasteiger partial charge in [-0.25, -0.2) is 8.42 Å². The van der Waals surface area contributed by atoms with E-state index < -0.39 is 10.0 Å². The van der Waals surface area contributed by atoms with Gasteiger partial charge in [-0.2, -0.15) is 4.31 Å². The second-order valence-corrected chi connectivity index (χ2v) is 7.95. The van der Waals surface area contributed by atoms with E-state index in [-0.39, 0.29) is 0 Å². The molecule has 1 N–H and O–H groups in total. The highest BCUT2D eigenvalue weighted by molar-refractivity contribution is 7.89. The molecule has 0 aliphatic carbocycles. The van der Waals surface area contributed by atoms with Crippen molar-refractivity contribution in [2.75, 3.05) is 19.6 Å². The van der Waals surface area contributed by atoms with E-state index in [9.17, 15) is 8.42 Å². The molecule has 1 aromatic carbocycles. The second-order valence-electron chi connectivity index (χ2n) is 6.04. The van der Waals surface area contributed by atoms with E-state index in [1.54, 1.807) is 16.4 Å². The molecule has 1 heterocycles. The maximum atomic E-state index is 12.9. The predicted molar refractivity (Wildman–Crippen MR) is 85.5 cm³/mol. The van der Waals surface area contributed by atoms with Crippen LogP contribution in [-0.2, 0) is 16.6 Å². The van der Waals surface area contributed by atoms with Gasteiger partial charge in [0.1, 0.15) is 0 Å². The summed E-state index contributed by atoms with van der Waals surface area (Å²) in [4.78, 5) is 0.454. The van der Waals surface area contributed by atoms with Crippen LogP contribution in [-0.4, -0.2) is 32.4 Å². The Hall–Kier alpha value is -0.910. The number of benzene rings is 1. The van der Waals surface area contributed by atoms with Gasteiger partial charge in [-0.15, -0.1) is 0 Å². The van der Waals surface area contributed by atoms with Gasteiger partial charge in [-0.3, -0.25) is 0 Å². The number of hydrogen-bond acceptors (Lipinski definition) is 3. The van der Waals surface area contributed by atoms with Crippen LogP contribution in [0.2, 0.25) is 0 Å². The first kappa shape index (κ1) is 16.5. The Bertz CT molecular complexity index is 569. The monoisotopic (exact) mass is 310 g/mol. The summed E-state index contributed by atoms with van der Waals surface area (Å²) in [7, 11) is -3.37. The Kier molecular flexibility index (Phi) is 5.41. The van der Waals surface area contributed by atoms with Gasteiger partial charge in [0, 0.05) is 19.6 Å². The molecule has 1 fully saturated rings. The van der Waals surface area contributed by atoms with Gasteiger partial charge in [0.05, 0.1) is 4.90 Å². The molecule has 1 saturated heterocycles. The van der Waals surface area contributed by atoms with E-state index >= 15 is 0 Å². The van der Waals surface area contributed by atoms with Crippen molar-refractivity contribution in [3.05, 3.63) is 29.8 Å². The summed E-state index contributed by atoms with van der Waals surface area (Å²) in [6, 6.07) is 7.32. The van der Waals surface area contributed by atoms with Crippen LogP contribution in [0.15, 0.2) is 29.2 Å². The first-order chi connectivity index (χ1) is 9.96. The first-order valence-corrected chi connectivity index (χ1v) is 9.19. The Labute approximate surface area is 128 Å². The third-order valence-corrected chi connectivity index (χ3v) is 6.25. The van der Waals surface area contributed by atoms with Crippen molar-refractivity contribution in [2.45, 2.75) is 38.6 Å². The van der Waals surface area contributed by atoms with E-state index in [1.807, 2.05) is 19.1 Å². The summed E-state index contributed by atoms with van der Waals surface area (Å²) >= 11 is 0. The highest BCUT2D eigenvalue weighted by atomic mass is 32.2. The van der Waals surface area contributed by atoms with E-state index in [1.165, 1.54) is 0 Å². The van der Waals surface area contributed by atoms with Crippen molar-refractivity contribution in [1.29, 1.82) is 0 Å². The van der Waals surface area contributed by atoms with Crippen LogP contribution in [0, 0.1) is 11.8 Å². The molecule has 1 aliphatic heterocycles. The molecule has 0 aromatic heterocycles. The minimum Gasteiger partial charge on any atom is -0.313 e. The standard InChI is InChI=1S/C16H26N2O2S/c1-4-17-11-14-7-5-6-8-16(14)21(19,20)18-10-9-15(12-18)13(2)3/h5-8,13,15,17H,4,9-12H2,1-3H3. The van der Waals surface area contributed by atoms with Crippen LogP contribution < -0.4 is 5.32 Å². The van der Waals surface area contributed by atoms with Crippen molar-refractivity contribution in [1.82, 2.24) is 9.62 Å². The van der Waals surface area contributed by atoms with E-state index in [0.29, 0.717) is 36.4 Å². The minimum absolute atomic E-state index is 0.454. The predicted octanol–water partition coefficient (Wildman–Crippen LogP) is 2.46. The van der Waals surface area contributed by atoms with E-state index in [2.05, 4.69) is 19.2 Å². The molecule has 5 heteroatoms. The summed E-state index contributed by atoms with van der Waals surface area (Å²) in [6.45, 7) is 9.06. The highest BCUT2D eigenvalue weighted by Crippen LogP contribution is 2.29. The molecule has 21 heavy (non-hydrogen) atoms. The lowest BCUT2D eigenvalue weighted by Gasteiger charge is -2.20. The fraction of sp³-hybridized carbons (Fsp3) is 0.625. The summed E-state index contributed by atoms with van der Waals surface area (Å²) in [5, 5.41) is 3.21. The van der Waals surface area contributed by atoms with Crippen LogP contribution in [0.4, 0.5) is 0 Å². The molecular weight excluding hydrogens is 284 g/mol. The molecule has 1 aliphatic rings. The molecule has 1 aromatic rings. The smallest absolute Gasteiger partial charge is 0.243 e. The maximum absolute atomic E-state index is 12.9. The van der Waals surface area contributed by atoms with Crippen molar-refractivity contribution in [3.8, 4) is 0 Å². The van der Waals surface area contributed by atoms with Gasteiger partial charge in [-0.05, 0) is 36.4 Å². The second kappa shape index (κ2) is 6.90. The molecule has 4 nitrogen and oxygen atoms in total. The Morgan fingerprint density at radius 1 is 1.33 bits per heavy atom.